The Morgan fingerprint density at radius 2 is 1.86 bits per heavy atom. The van der Waals surface area contributed by atoms with Crippen molar-refractivity contribution >= 4 is 0 Å². The predicted molar refractivity (Wildman–Crippen MR) is 172 cm³/mol. The molecule has 0 aromatic carbocycles. The predicted octanol–water partition coefficient (Wildman–Crippen LogP) is 4.88. The minimum atomic E-state index is -1.42. The van der Waals surface area contributed by atoms with E-state index in [0.717, 1.165) is 12.0 Å². The van der Waals surface area contributed by atoms with Crippen molar-refractivity contribution in [2.24, 2.45) is 11.8 Å². The number of unbranched alkanes of at least 4 members (excludes halogenated alkanes) is 3. The second-order valence-corrected chi connectivity index (χ2v) is 13.0. The maximum Gasteiger partial charge on any atom is 0.345 e. The highest BCUT2D eigenvalue weighted by Gasteiger charge is 2.42. The van der Waals surface area contributed by atoms with Crippen LogP contribution in [0.4, 0.5) is 0 Å². The molecule has 9 heteroatoms. The quantitative estimate of drug-likeness (QED) is 0.0932. The minimum Gasteiger partial charge on any atom is -0.496 e. The number of rotatable bonds is 17. The summed E-state index contributed by atoms with van der Waals surface area (Å²) in [5.74, 6) is 0.687. The van der Waals surface area contributed by atoms with Crippen molar-refractivity contribution in [1.29, 1.82) is 0 Å². The number of methoxy groups -OCH3 is 1. The molecular formula is C35H56O9. The van der Waals surface area contributed by atoms with Gasteiger partial charge in [0.2, 0.25) is 0 Å². The lowest BCUT2D eigenvalue weighted by Crippen LogP contribution is -2.46. The number of hydrogen-bond donors (Lipinski definition) is 5. The second-order valence-electron chi connectivity index (χ2n) is 13.0. The summed E-state index contributed by atoms with van der Waals surface area (Å²) in [5.41, 5.74) is 0.121. The van der Waals surface area contributed by atoms with Crippen LogP contribution >= 0.6 is 0 Å². The van der Waals surface area contributed by atoms with Crippen LogP contribution in [0.2, 0.25) is 0 Å². The SMILES string of the molecule is CCCCCCC(C)C/C(C)=C\C(/C=C(C)/C=C/C(O)C(C)(C)c1cc(OC)c([C@H]2O[C@@H](CO)C[C@@H](O)[C@@H]2O)c(=O)o1)CO. The van der Waals surface area contributed by atoms with Gasteiger partial charge in [-0.1, -0.05) is 81.4 Å². The first kappa shape index (κ1) is 37.9. The van der Waals surface area contributed by atoms with E-state index in [4.69, 9.17) is 13.9 Å². The normalized spacial score (nSPS) is 24.0. The van der Waals surface area contributed by atoms with Crippen LogP contribution in [-0.4, -0.2) is 70.3 Å². The van der Waals surface area contributed by atoms with Gasteiger partial charge in [-0.25, -0.2) is 4.79 Å². The Hall–Kier alpha value is -2.27. The van der Waals surface area contributed by atoms with Crippen molar-refractivity contribution < 1.29 is 39.4 Å². The lowest BCUT2D eigenvalue weighted by molar-refractivity contribution is -0.180. The van der Waals surface area contributed by atoms with Crippen LogP contribution in [0.25, 0.3) is 0 Å². The number of ether oxygens (including phenoxy) is 2. The molecule has 7 atom stereocenters. The average Bonchev–Trinajstić information content (AvgIpc) is 2.98. The number of hydrogen-bond acceptors (Lipinski definition) is 9. The van der Waals surface area contributed by atoms with Crippen LogP contribution in [0.5, 0.6) is 5.75 Å². The monoisotopic (exact) mass is 620 g/mol. The Labute approximate surface area is 262 Å². The molecule has 0 saturated carbocycles. The summed E-state index contributed by atoms with van der Waals surface area (Å²) in [4.78, 5) is 13.2. The fourth-order valence-corrected chi connectivity index (χ4v) is 5.72. The molecule has 250 valence electrons. The first-order chi connectivity index (χ1) is 20.8. The van der Waals surface area contributed by atoms with E-state index in [1.54, 1.807) is 26.0 Å². The number of allylic oxidation sites excluding steroid dienone is 3. The van der Waals surface area contributed by atoms with Crippen molar-refractivity contribution in [3.05, 3.63) is 63.3 Å². The van der Waals surface area contributed by atoms with Crippen LogP contribution < -0.4 is 10.4 Å². The molecule has 1 aliphatic heterocycles. The summed E-state index contributed by atoms with van der Waals surface area (Å²) < 4.78 is 16.8. The Balaban J connectivity index is 2.19. The Morgan fingerprint density at radius 1 is 1.16 bits per heavy atom. The lowest BCUT2D eigenvalue weighted by Gasteiger charge is -2.36. The highest BCUT2D eigenvalue weighted by Crippen LogP contribution is 2.37. The maximum atomic E-state index is 13.2. The van der Waals surface area contributed by atoms with Gasteiger partial charge in [0, 0.05) is 18.4 Å². The minimum absolute atomic E-state index is 0.0196. The topological polar surface area (TPSA) is 150 Å². The number of aliphatic hydroxyl groups is 5. The third kappa shape index (κ3) is 10.7. The van der Waals surface area contributed by atoms with Gasteiger partial charge in [0.15, 0.2) is 0 Å². The molecule has 3 unspecified atom stereocenters. The van der Waals surface area contributed by atoms with Gasteiger partial charge in [0.1, 0.15) is 29.3 Å². The van der Waals surface area contributed by atoms with E-state index in [2.05, 4.69) is 26.8 Å². The van der Waals surface area contributed by atoms with Crippen molar-refractivity contribution in [2.75, 3.05) is 20.3 Å². The molecular weight excluding hydrogens is 564 g/mol. The van der Waals surface area contributed by atoms with Crippen molar-refractivity contribution in [3.63, 3.8) is 0 Å². The van der Waals surface area contributed by atoms with Gasteiger partial charge in [-0.3, -0.25) is 0 Å². The van der Waals surface area contributed by atoms with Crippen LogP contribution in [0.1, 0.15) is 104 Å². The van der Waals surface area contributed by atoms with Gasteiger partial charge < -0.3 is 39.4 Å². The first-order valence-electron chi connectivity index (χ1n) is 16.0. The summed E-state index contributed by atoms with van der Waals surface area (Å²) in [5, 5.41) is 51.4. The highest BCUT2D eigenvalue weighted by molar-refractivity contribution is 5.37. The Morgan fingerprint density at radius 3 is 2.48 bits per heavy atom. The first-order valence-corrected chi connectivity index (χ1v) is 16.0. The third-order valence-corrected chi connectivity index (χ3v) is 8.53. The van der Waals surface area contributed by atoms with Crippen LogP contribution in [0.15, 0.2) is 50.7 Å². The summed E-state index contributed by atoms with van der Waals surface area (Å²) in [7, 11) is 1.36. The zero-order chi connectivity index (χ0) is 33.0. The molecule has 1 aliphatic rings. The van der Waals surface area contributed by atoms with Gasteiger partial charge in [0.05, 0.1) is 44.1 Å². The molecule has 0 spiro atoms. The molecule has 2 heterocycles. The van der Waals surface area contributed by atoms with Gasteiger partial charge in [-0.15, -0.1) is 0 Å². The smallest absolute Gasteiger partial charge is 0.345 e. The van der Waals surface area contributed by atoms with Crippen LogP contribution in [0, 0.1) is 11.8 Å². The summed E-state index contributed by atoms with van der Waals surface area (Å²) >= 11 is 0. The van der Waals surface area contributed by atoms with E-state index < -0.39 is 48.2 Å². The van der Waals surface area contributed by atoms with E-state index in [0.29, 0.717) is 5.92 Å². The van der Waals surface area contributed by atoms with Gasteiger partial charge >= 0.3 is 5.63 Å². The summed E-state index contributed by atoms with van der Waals surface area (Å²) in [6, 6.07) is 1.47. The number of aliphatic hydroxyl groups excluding tert-OH is 5. The second kappa shape index (κ2) is 18.0. The molecule has 0 radical (unpaired) electrons. The highest BCUT2D eigenvalue weighted by atomic mass is 16.5. The Kier molecular flexibility index (Phi) is 15.5. The largest absolute Gasteiger partial charge is 0.496 e. The molecule has 1 saturated heterocycles. The van der Waals surface area contributed by atoms with Gasteiger partial charge in [-0.2, -0.15) is 0 Å². The summed E-state index contributed by atoms with van der Waals surface area (Å²) in [6.45, 7) is 11.5. The molecule has 2 rings (SSSR count). The van der Waals surface area contributed by atoms with Gasteiger partial charge in [-0.05, 0) is 40.0 Å². The molecule has 1 aromatic heterocycles. The fraction of sp³-hybridized carbons (Fsp3) is 0.686. The zero-order valence-corrected chi connectivity index (χ0v) is 27.7. The van der Waals surface area contributed by atoms with E-state index >= 15 is 0 Å². The van der Waals surface area contributed by atoms with Crippen molar-refractivity contribution in [2.45, 2.75) is 122 Å². The standard InChI is InChI=1S/C35H56O9/c1-8-9-10-11-12-22(2)15-24(4)17-25(20-36)16-23(3)13-14-29(39)35(5,6)30-19-28(42-7)31(34(41)44-30)33-32(40)27(38)18-26(21-37)43-33/h13-14,16-17,19,22,25-27,29,32-33,36-40H,8-12,15,18,20-21H2,1-7H3/b14-13+,23-16+,24-17-/t22?,25?,26-,27-,29?,32+,33-/m1/s1. The molecule has 0 bridgehead atoms. The van der Waals surface area contributed by atoms with Crippen molar-refractivity contribution in [3.8, 4) is 5.75 Å². The molecule has 0 amide bonds. The van der Waals surface area contributed by atoms with Crippen LogP contribution in [-0.2, 0) is 10.2 Å². The van der Waals surface area contributed by atoms with E-state index in [9.17, 15) is 30.3 Å². The van der Waals surface area contributed by atoms with E-state index in [1.165, 1.54) is 50.9 Å². The van der Waals surface area contributed by atoms with E-state index in [1.807, 2.05) is 13.0 Å². The molecule has 0 aliphatic carbocycles. The third-order valence-electron chi connectivity index (χ3n) is 8.53. The van der Waals surface area contributed by atoms with Crippen LogP contribution in [0.3, 0.4) is 0 Å². The molecule has 9 nitrogen and oxygen atoms in total. The van der Waals surface area contributed by atoms with Gasteiger partial charge in [0.25, 0.3) is 0 Å². The molecule has 1 fully saturated rings. The fourth-order valence-electron chi connectivity index (χ4n) is 5.72. The summed E-state index contributed by atoms with van der Waals surface area (Å²) in [6.07, 6.45) is 9.04. The Bertz CT molecular complexity index is 1170. The molecule has 44 heavy (non-hydrogen) atoms. The van der Waals surface area contributed by atoms with Crippen molar-refractivity contribution in [1.82, 2.24) is 0 Å². The molecule has 1 aromatic rings. The molecule has 5 N–H and O–H groups in total. The lowest BCUT2D eigenvalue weighted by atomic mass is 9.82. The zero-order valence-electron chi connectivity index (χ0n) is 27.7. The maximum absolute atomic E-state index is 13.2. The average molecular weight is 621 g/mol. The van der Waals surface area contributed by atoms with E-state index in [-0.39, 0.29) is 36.0 Å².